The van der Waals surface area contributed by atoms with Crippen LogP contribution in [0.2, 0.25) is 0 Å². The Bertz CT molecular complexity index is 334. The molecule has 1 aromatic rings. The van der Waals surface area contributed by atoms with E-state index in [1.165, 1.54) is 0 Å². The van der Waals surface area contributed by atoms with Crippen molar-refractivity contribution in [2.24, 2.45) is 5.73 Å². The SMILES string of the molecule is NCC(c1cccnc1)N1CCOC(CO)C1. The lowest BCUT2D eigenvalue weighted by Gasteiger charge is -2.37. The van der Waals surface area contributed by atoms with E-state index in [-0.39, 0.29) is 18.8 Å². The van der Waals surface area contributed by atoms with Crippen molar-refractivity contribution in [3.63, 3.8) is 0 Å². The normalized spacial score (nSPS) is 23.5. The van der Waals surface area contributed by atoms with Crippen LogP contribution in [0.25, 0.3) is 0 Å². The van der Waals surface area contributed by atoms with Crippen molar-refractivity contribution in [1.82, 2.24) is 9.88 Å². The van der Waals surface area contributed by atoms with E-state index < -0.39 is 0 Å². The third kappa shape index (κ3) is 3.01. The molecular weight excluding hydrogens is 218 g/mol. The summed E-state index contributed by atoms with van der Waals surface area (Å²) in [5.74, 6) is 0. The highest BCUT2D eigenvalue weighted by Crippen LogP contribution is 2.21. The average Bonchev–Trinajstić information content (AvgIpc) is 2.41. The molecule has 0 bridgehead atoms. The first kappa shape index (κ1) is 12.4. The van der Waals surface area contributed by atoms with Crippen LogP contribution in [0.3, 0.4) is 0 Å². The monoisotopic (exact) mass is 237 g/mol. The van der Waals surface area contributed by atoms with Gasteiger partial charge in [-0.15, -0.1) is 0 Å². The molecule has 2 heterocycles. The zero-order valence-corrected chi connectivity index (χ0v) is 9.83. The van der Waals surface area contributed by atoms with Crippen LogP contribution in [0.4, 0.5) is 0 Å². The number of pyridine rings is 1. The lowest BCUT2D eigenvalue weighted by molar-refractivity contribution is -0.0643. The molecule has 5 nitrogen and oxygen atoms in total. The number of morpholine rings is 1. The van der Waals surface area contributed by atoms with Gasteiger partial charge in [0.05, 0.1) is 19.3 Å². The van der Waals surface area contributed by atoms with Gasteiger partial charge in [-0.05, 0) is 11.6 Å². The lowest BCUT2D eigenvalue weighted by atomic mass is 10.1. The second-order valence-electron chi connectivity index (χ2n) is 4.21. The van der Waals surface area contributed by atoms with E-state index >= 15 is 0 Å². The molecule has 0 aromatic carbocycles. The number of aliphatic hydroxyl groups excluding tert-OH is 1. The Morgan fingerprint density at radius 1 is 1.65 bits per heavy atom. The highest BCUT2D eigenvalue weighted by molar-refractivity contribution is 5.14. The predicted octanol–water partition coefficient (Wildman–Crippen LogP) is -0.226. The fourth-order valence-corrected chi connectivity index (χ4v) is 2.20. The topological polar surface area (TPSA) is 71.6 Å². The van der Waals surface area contributed by atoms with E-state index in [0.29, 0.717) is 19.7 Å². The highest BCUT2D eigenvalue weighted by Gasteiger charge is 2.26. The molecule has 0 amide bonds. The molecule has 2 atom stereocenters. The maximum atomic E-state index is 9.14. The van der Waals surface area contributed by atoms with E-state index in [4.69, 9.17) is 15.6 Å². The Hall–Kier alpha value is -1.01. The minimum atomic E-state index is -0.102. The molecule has 94 valence electrons. The zero-order chi connectivity index (χ0) is 12.1. The Morgan fingerprint density at radius 3 is 3.18 bits per heavy atom. The van der Waals surface area contributed by atoms with Crippen LogP contribution in [0.1, 0.15) is 11.6 Å². The Labute approximate surface area is 101 Å². The molecule has 2 rings (SSSR count). The third-order valence-corrected chi connectivity index (χ3v) is 3.11. The van der Waals surface area contributed by atoms with Gasteiger partial charge in [-0.25, -0.2) is 0 Å². The minimum Gasteiger partial charge on any atom is -0.394 e. The molecule has 0 radical (unpaired) electrons. The van der Waals surface area contributed by atoms with E-state index in [0.717, 1.165) is 12.1 Å². The van der Waals surface area contributed by atoms with Gasteiger partial charge in [0.2, 0.25) is 0 Å². The molecule has 17 heavy (non-hydrogen) atoms. The number of hydrogen-bond donors (Lipinski definition) is 2. The molecule has 1 fully saturated rings. The van der Waals surface area contributed by atoms with Crippen LogP contribution < -0.4 is 5.73 Å². The number of rotatable bonds is 4. The molecule has 3 N–H and O–H groups in total. The van der Waals surface area contributed by atoms with Gasteiger partial charge in [0.1, 0.15) is 0 Å². The van der Waals surface area contributed by atoms with Crippen LogP contribution in [-0.4, -0.2) is 53.9 Å². The van der Waals surface area contributed by atoms with Crippen LogP contribution in [0.5, 0.6) is 0 Å². The van der Waals surface area contributed by atoms with Gasteiger partial charge < -0.3 is 15.6 Å². The van der Waals surface area contributed by atoms with E-state index in [2.05, 4.69) is 9.88 Å². The standard InChI is InChI=1S/C12H19N3O2/c13-6-12(10-2-1-3-14-7-10)15-4-5-17-11(8-15)9-16/h1-3,7,11-12,16H,4-6,8-9,13H2. The van der Waals surface area contributed by atoms with Crippen molar-refractivity contribution in [2.45, 2.75) is 12.1 Å². The summed E-state index contributed by atoms with van der Waals surface area (Å²) in [5, 5.41) is 9.14. The quantitative estimate of drug-likeness (QED) is 0.757. The summed E-state index contributed by atoms with van der Waals surface area (Å²) in [4.78, 5) is 6.38. The van der Waals surface area contributed by atoms with Gasteiger partial charge in [-0.3, -0.25) is 9.88 Å². The van der Waals surface area contributed by atoms with Crippen LogP contribution in [0, 0.1) is 0 Å². The number of nitrogens with zero attached hydrogens (tertiary/aromatic N) is 2. The first-order valence-corrected chi connectivity index (χ1v) is 5.91. The van der Waals surface area contributed by atoms with Gasteiger partial charge in [0.25, 0.3) is 0 Å². The van der Waals surface area contributed by atoms with Crippen LogP contribution in [-0.2, 0) is 4.74 Å². The Morgan fingerprint density at radius 2 is 2.53 bits per heavy atom. The van der Waals surface area contributed by atoms with Gasteiger partial charge >= 0.3 is 0 Å². The zero-order valence-electron chi connectivity index (χ0n) is 9.83. The summed E-state index contributed by atoms with van der Waals surface area (Å²) in [6, 6.07) is 4.11. The highest BCUT2D eigenvalue weighted by atomic mass is 16.5. The molecule has 0 aliphatic carbocycles. The van der Waals surface area contributed by atoms with E-state index in [1.54, 1.807) is 6.20 Å². The third-order valence-electron chi connectivity index (χ3n) is 3.11. The number of aliphatic hydroxyl groups is 1. The van der Waals surface area contributed by atoms with Crippen molar-refractivity contribution >= 4 is 0 Å². The Kier molecular flexibility index (Phi) is 4.44. The largest absolute Gasteiger partial charge is 0.394 e. The number of nitrogens with two attached hydrogens (primary N) is 1. The molecule has 5 heteroatoms. The first-order chi connectivity index (χ1) is 8.35. The molecule has 1 aromatic heterocycles. The minimum absolute atomic E-state index is 0.0564. The molecule has 0 saturated carbocycles. The molecule has 1 aliphatic heterocycles. The summed E-state index contributed by atoms with van der Waals surface area (Å²) >= 11 is 0. The average molecular weight is 237 g/mol. The van der Waals surface area contributed by atoms with Crippen molar-refractivity contribution in [2.75, 3.05) is 32.8 Å². The fraction of sp³-hybridized carbons (Fsp3) is 0.583. The summed E-state index contributed by atoms with van der Waals surface area (Å²) in [6.45, 7) is 2.80. The van der Waals surface area contributed by atoms with Crippen LogP contribution >= 0.6 is 0 Å². The number of hydrogen-bond acceptors (Lipinski definition) is 5. The van der Waals surface area contributed by atoms with Crippen molar-refractivity contribution in [1.29, 1.82) is 0 Å². The Balaban J connectivity index is 2.08. The lowest BCUT2D eigenvalue weighted by Crippen LogP contribution is -2.47. The molecule has 1 aliphatic rings. The van der Waals surface area contributed by atoms with Crippen LogP contribution in [0.15, 0.2) is 24.5 Å². The summed E-state index contributed by atoms with van der Waals surface area (Å²) in [7, 11) is 0. The number of aromatic nitrogens is 1. The van der Waals surface area contributed by atoms with E-state index in [1.807, 2.05) is 18.3 Å². The predicted molar refractivity (Wildman–Crippen MR) is 64.4 cm³/mol. The fourth-order valence-electron chi connectivity index (χ4n) is 2.20. The molecular formula is C12H19N3O2. The molecule has 0 spiro atoms. The van der Waals surface area contributed by atoms with Gasteiger partial charge in [0.15, 0.2) is 0 Å². The maximum absolute atomic E-state index is 9.14. The summed E-state index contributed by atoms with van der Waals surface area (Å²) < 4.78 is 5.44. The van der Waals surface area contributed by atoms with Crippen molar-refractivity contribution in [3.8, 4) is 0 Å². The van der Waals surface area contributed by atoms with Gasteiger partial charge in [-0.1, -0.05) is 6.07 Å². The summed E-state index contributed by atoms with van der Waals surface area (Å²) in [5.41, 5.74) is 6.97. The first-order valence-electron chi connectivity index (χ1n) is 5.91. The van der Waals surface area contributed by atoms with Gasteiger partial charge in [0, 0.05) is 38.1 Å². The second-order valence-corrected chi connectivity index (χ2v) is 4.21. The maximum Gasteiger partial charge on any atom is 0.0933 e. The van der Waals surface area contributed by atoms with Crippen molar-refractivity contribution < 1.29 is 9.84 Å². The van der Waals surface area contributed by atoms with E-state index in [9.17, 15) is 0 Å². The number of ether oxygens (including phenoxy) is 1. The smallest absolute Gasteiger partial charge is 0.0933 e. The summed E-state index contributed by atoms with van der Waals surface area (Å²) in [6.07, 6.45) is 3.50. The van der Waals surface area contributed by atoms with Crippen molar-refractivity contribution in [3.05, 3.63) is 30.1 Å². The van der Waals surface area contributed by atoms with Gasteiger partial charge in [-0.2, -0.15) is 0 Å². The molecule has 1 saturated heterocycles. The molecule has 2 unspecified atom stereocenters. The second kappa shape index (κ2) is 6.07.